The SMILES string of the molecule is CCNC(CC)(CO)CCCN1CCc2ccccc21. The first-order chi connectivity index (χ1) is 9.74. The number of nitrogens with one attached hydrogen (secondary N) is 1. The molecule has 3 nitrogen and oxygen atoms in total. The van der Waals surface area contributed by atoms with E-state index < -0.39 is 0 Å². The Balaban J connectivity index is 1.87. The summed E-state index contributed by atoms with van der Waals surface area (Å²) in [6, 6.07) is 8.71. The quantitative estimate of drug-likeness (QED) is 0.766. The molecule has 0 fully saturated rings. The number of rotatable bonds is 8. The number of fused-ring (bicyclic) bond motifs is 1. The lowest BCUT2D eigenvalue weighted by Gasteiger charge is -2.32. The van der Waals surface area contributed by atoms with Gasteiger partial charge >= 0.3 is 0 Å². The molecule has 20 heavy (non-hydrogen) atoms. The summed E-state index contributed by atoms with van der Waals surface area (Å²) in [6.45, 7) is 7.64. The van der Waals surface area contributed by atoms with Crippen LogP contribution < -0.4 is 10.2 Å². The van der Waals surface area contributed by atoms with Gasteiger partial charge in [-0.2, -0.15) is 0 Å². The number of hydrogen-bond donors (Lipinski definition) is 2. The zero-order chi connectivity index (χ0) is 14.4. The third-order valence-electron chi connectivity index (χ3n) is 4.60. The lowest BCUT2D eigenvalue weighted by Crippen LogP contribution is -2.48. The Kier molecular flexibility index (Phi) is 5.44. The first-order valence-electron chi connectivity index (χ1n) is 7.93. The smallest absolute Gasteiger partial charge is 0.0613 e. The van der Waals surface area contributed by atoms with E-state index in [9.17, 15) is 5.11 Å². The molecule has 0 saturated heterocycles. The fourth-order valence-electron chi connectivity index (χ4n) is 3.26. The largest absolute Gasteiger partial charge is 0.394 e. The van der Waals surface area contributed by atoms with Crippen molar-refractivity contribution in [3.8, 4) is 0 Å². The van der Waals surface area contributed by atoms with Crippen molar-refractivity contribution in [3.05, 3.63) is 29.8 Å². The van der Waals surface area contributed by atoms with Gasteiger partial charge in [0.2, 0.25) is 0 Å². The molecule has 0 saturated carbocycles. The number of nitrogens with zero attached hydrogens (tertiary/aromatic N) is 1. The monoisotopic (exact) mass is 276 g/mol. The average Bonchev–Trinajstić information content (AvgIpc) is 2.90. The molecular weight excluding hydrogens is 248 g/mol. The third-order valence-corrected chi connectivity index (χ3v) is 4.60. The average molecular weight is 276 g/mol. The van der Waals surface area contributed by atoms with Crippen LogP contribution in [0.5, 0.6) is 0 Å². The van der Waals surface area contributed by atoms with E-state index in [1.165, 1.54) is 17.7 Å². The maximum atomic E-state index is 9.68. The van der Waals surface area contributed by atoms with Crippen LogP contribution in [-0.4, -0.2) is 36.9 Å². The molecule has 0 bridgehead atoms. The second-order valence-corrected chi connectivity index (χ2v) is 5.79. The number of aliphatic hydroxyl groups excluding tert-OH is 1. The molecule has 1 aromatic carbocycles. The van der Waals surface area contributed by atoms with Crippen molar-refractivity contribution in [2.75, 3.05) is 31.1 Å². The molecule has 2 N–H and O–H groups in total. The van der Waals surface area contributed by atoms with Gasteiger partial charge in [-0.05, 0) is 43.9 Å². The Morgan fingerprint density at radius 1 is 1.30 bits per heavy atom. The molecule has 2 rings (SSSR count). The lowest BCUT2D eigenvalue weighted by molar-refractivity contribution is 0.147. The van der Waals surface area contributed by atoms with Gasteiger partial charge in [0.15, 0.2) is 0 Å². The molecule has 0 amide bonds. The van der Waals surface area contributed by atoms with Gasteiger partial charge in [0.25, 0.3) is 0 Å². The standard InChI is InChI=1S/C17H28N2O/c1-3-17(14-20,18-4-2)11-7-12-19-13-10-15-8-5-6-9-16(15)19/h5-6,8-9,18,20H,3-4,7,10-14H2,1-2H3. The van der Waals surface area contributed by atoms with Crippen molar-refractivity contribution in [2.45, 2.75) is 45.1 Å². The number of anilines is 1. The van der Waals surface area contributed by atoms with Gasteiger partial charge in [0.05, 0.1) is 6.61 Å². The van der Waals surface area contributed by atoms with E-state index in [1.54, 1.807) is 0 Å². The summed E-state index contributed by atoms with van der Waals surface area (Å²) in [7, 11) is 0. The van der Waals surface area contributed by atoms with Crippen molar-refractivity contribution in [1.82, 2.24) is 5.32 Å². The molecular formula is C17H28N2O. The first kappa shape index (κ1) is 15.3. The Bertz CT molecular complexity index is 415. The summed E-state index contributed by atoms with van der Waals surface area (Å²) in [5.41, 5.74) is 2.79. The van der Waals surface area contributed by atoms with E-state index >= 15 is 0 Å². The molecule has 1 atom stereocenters. The van der Waals surface area contributed by atoms with Gasteiger partial charge < -0.3 is 15.3 Å². The normalized spacial score (nSPS) is 17.1. The third kappa shape index (κ3) is 3.33. The zero-order valence-corrected chi connectivity index (χ0v) is 12.9. The van der Waals surface area contributed by atoms with E-state index in [4.69, 9.17) is 0 Å². The van der Waals surface area contributed by atoms with E-state index in [0.717, 1.165) is 38.9 Å². The first-order valence-corrected chi connectivity index (χ1v) is 7.93. The van der Waals surface area contributed by atoms with Gasteiger partial charge in [-0.15, -0.1) is 0 Å². The lowest BCUT2D eigenvalue weighted by atomic mass is 9.91. The highest BCUT2D eigenvalue weighted by Gasteiger charge is 2.26. The Morgan fingerprint density at radius 2 is 2.10 bits per heavy atom. The summed E-state index contributed by atoms with van der Waals surface area (Å²) in [5.74, 6) is 0. The minimum atomic E-state index is -0.0893. The second-order valence-electron chi connectivity index (χ2n) is 5.79. The second kappa shape index (κ2) is 7.09. The van der Waals surface area contributed by atoms with Gasteiger partial charge in [-0.1, -0.05) is 32.0 Å². The highest BCUT2D eigenvalue weighted by Crippen LogP contribution is 2.28. The fourth-order valence-corrected chi connectivity index (χ4v) is 3.26. The van der Waals surface area contributed by atoms with Crippen LogP contribution in [0.15, 0.2) is 24.3 Å². The molecule has 112 valence electrons. The minimum absolute atomic E-state index is 0.0893. The highest BCUT2D eigenvalue weighted by molar-refractivity contribution is 5.57. The van der Waals surface area contributed by atoms with Crippen LogP contribution in [0.2, 0.25) is 0 Å². The molecule has 0 aromatic heterocycles. The van der Waals surface area contributed by atoms with Crippen molar-refractivity contribution in [2.24, 2.45) is 0 Å². The summed E-state index contributed by atoms with van der Waals surface area (Å²) in [6.07, 6.45) is 4.30. The van der Waals surface area contributed by atoms with Crippen molar-refractivity contribution < 1.29 is 5.11 Å². The Labute approximate surface area is 123 Å². The van der Waals surface area contributed by atoms with Gasteiger partial charge in [-0.25, -0.2) is 0 Å². The summed E-state index contributed by atoms with van der Waals surface area (Å²) in [5, 5.41) is 13.2. The van der Waals surface area contributed by atoms with Crippen molar-refractivity contribution >= 4 is 5.69 Å². The van der Waals surface area contributed by atoms with Crippen LogP contribution in [0.1, 0.15) is 38.7 Å². The topological polar surface area (TPSA) is 35.5 Å². The van der Waals surface area contributed by atoms with Gasteiger partial charge in [0.1, 0.15) is 0 Å². The summed E-state index contributed by atoms with van der Waals surface area (Å²) < 4.78 is 0. The summed E-state index contributed by atoms with van der Waals surface area (Å²) >= 11 is 0. The fraction of sp³-hybridized carbons (Fsp3) is 0.647. The molecule has 1 aliphatic rings. The van der Waals surface area contributed by atoms with Crippen molar-refractivity contribution in [1.29, 1.82) is 0 Å². The van der Waals surface area contributed by atoms with Crippen LogP contribution >= 0.6 is 0 Å². The van der Waals surface area contributed by atoms with Gasteiger partial charge in [0, 0.05) is 24.3 Å². The van der Waals surface area contributed by atoms with Gasteiger partial charge in [-0.3, -0.25) is 0 Å². The molecule has 0 spiro atoms. The van der Waals surface area contributed by atoms with Crippen LogP contribution in [0.3, 0.4) is 0 Å². The van der Waals surface area contributed by atoms with E-state index in [-0.39, 0.29) is 12.1 Å². The number of aliphatic hydroxyl groups is 1. The number of likely N-dealkylation sites (N-methyl/N-ethyl adjacent to an activating group) is 1. The highest BCUT2D eigenvalue weighted by atomic mass is 16.3. The predicted octanol–water partition coefficient (Wildman–Crippen LogP) is 2.58. The van der Waals surface area contributed by atoms with E-state index in [2.05, 4.69) is 48.3 Å². The Hall–Kier alpha value is -1.06. The number of para-hydroxylation sites is 1. The molecule has 3 heteroatoms. The Morgan fingerprint density at radius 3 is 2.80 bits per heavy atom. The number of benzene rings is 1. The molecule has 0 radical (unpaired) electrons. The zero-order valence-electron chi connectivity index (χ0n) is 12.9. The number of hydrogen-bond acceptors (Lipinski definition) is 3. The van der Waals surface area contributed by atoms with Crippen LogP contribution in [-0.2, 0) is 6.42 Å². The maximum Gasteiger partial charge on any atom is 0.0613 e. The minimum Gasteiger partial charge on any atom is -0.394 e. The molecule has 1 aliphatic heterocycles. The summed E-state index contributed by atoms with van der Waals surface area (Å²) in [4.78, 5) is 2.49. The molecule has 1 heterocycles. The van der Waals surface area contributed by atoms with Crippen LogP contribution in [0, 0.1) is 0 Å². The molecule has 1 unspecified atom stereocenters. The van der Waals surface area contributed by atoms with Crippen LogP contribution in [0.25, 0.3) is 0 Å². The predicted molar refractivity (Wildman–Crippen MR) is 85.4 cm³/mol. The maximum absolute atomic E-state index is 9.68. The van der Waals surface area contributed by atoms with E-state index in [0.29, 0.717) is 0 Å². The van der Waals surface area contributed by atoms with Crippen molar-refractivity contribution in [3.63, 3.8) is 0 Å². The van der Waals surface area contributed by atoms with E-state index in [1.807, 2.05) is 0 Å². The molecule has 0 aliphatic carbocycles. The van der Waals surface area contributed by atoms with Crippen LogP contribution in [0.4, 0.5) is 5.69 Å². The molecule has 1 aromatic rings.